The third-order valence-corrected chi connectivity index (χ3v) is 1.89. The number of rotatable bonds is 5. The maximum absolute atomic E-state index is 3.98. The van der Waals surface area contributed by atoms with Gasteiger partial charge in [-0.2, -0.15) is 0 Å². The summed E-state index contributed by atoms with van der Waals surface area (Å²) in [6, 6.07) is 4.17. The molecule has 0 saturated carbocycles. The molecule has 1 N–H and O–H groups in total. The highest BCUT2D eigenvalue weighted by Gasteiger charge is 1.90. The first-order chi connectivity index (χ1) is 5.93. The Balaban J connectivity index is 2.16. The average Bonchev–Trinajstić information content (AvgIpc) is 2.14. The molecule has 1 aromatic rings. The fourth-order valence-corrected chi connectivity index (χ4v) is 1.18. The van der Waals surface area contributed by atoms with E-state index in [2.05, 4.69) is 22.4 Å². The van der Waals surface area contributed by atoms with Crippen LogP contribution in [0.2, 0.25) is 0 Å². The molecule has 0 amide bonds. The van der Waals surface area contributed by atoms with Crippen molar-refractivity contribution in [3.8, 4) is 0 Å². The van der Waals surface area contributed by atoms with Gasteiger partial charge in [0.15, 0.2) is 0 Å². The lowest BCUT2D eigenvalue weighted by Crippen LogP contribution is -2.07. The minimum atomic E-state index is 1.12. The van der Waals surface area contributed by atoms with E-state index >= 15 is 0 Å². The summed E-state index contributed by atoms with van der Waals surface area (Å²) in [6.07, 6.45) is 7.38. The normalized spacial score (nSPS) is 10.1. The molecule has 1 heterocycles. The number of nitrogens with zero attached hydrogens (tertiary/aromatic N) is 1. The highest BCUT2D eigenvalue weighted by atomic mass is 14.8. The molecule has 0 bridgehead atoms. The molecule has 0 unspecified atom stereocenters. The number of hydrogen-bond donors (Lipinski definition) is 1. The predicted octanol–water partition coefficient (Wildman–Crippen LogP) is 1.62. The fourth-order valence-electron chi connectivity index (χ4n) is 1.18. The summed E-state index contributed by atoms with van der Waals surface area (Å²) in [4.78, 5) is 3.98. The molecule has 0 aliphatic carbocycles. The standard InChI is InChI=1S/C10H16N2/c1-11-7-3-2-4-10-5-8-12-9-6-10/h5-6,8-9,11H,2-4,7H2,1H3. The monoisotopic (exact) mass is 164 g/mol. The van der Waals surface area contributed by atoms with E-state index in [9.17, 15) is 0 Å². The summed E-state index contributed by atoms with van der Waals surface area (Å²) >= 11 is 0. The zero-order valence-corrected chi connectivity index (χ0v) is 7.59. The van der Waals surface area contributed by atoms with Crippen LogP contribution in [0.25, 0.3) is 0 Å². The quantitative estimate of drug-likeness (QED) is 0.669. The topological polar surface area (TPSA) is 24.9 Å². The van der Waals surface area contributed by atoms with Crippen molar-refractivity contribution in [1.82, 2.24) is 10.3 Å². The number of unbranched alkanes of at least 4 members (excludes halogenated alkanes) is 1. The smallest absolute Gasteiger partial charge is 0.0270 e. The Morgan fingerprint density at radius 2 is 2.00 bits per heavy atom. The first-order valence-corrected chi connectivity index (χ1v) is 4.47. The van der Waals surface area contributed by atoms with Crippen molar-refractivity contribution in [2.24, 2.45) is 0 Å². The summed E-state index contributed by atoms with van der Waals surface area (Å²) in [6.45, 7) is 1.12. The third-order valence-electron chi connectivity index (χ3n) is 1.89. The predicted molar refractivity (Wildman–Crippen MR) is 51.1 cm³/mol. The number of hydrogen-bond acceptors (Lipinski definition) is 2. The average molecular weight is 164 g/mol. The van der Waals surface area contributed by atoms with Crippen molar-refractivity contribution in [1.29, 1.82) is 0 Å². The molecule has 2 heteroatoms. The molecule has 66 valence electrons. The Hall–Kier alpha value is -0.890. The number of aromatic nitrogens is 1. The van der Waals surface area contributed by atoms with Crippen molar-refractivity contribution in [2.75, 3.05) is 13.6 Å². The highest BCUT2D eigenvalue weighted by Crippen LogP contribution is 2.02. The second-order valence-electron chi connectivity index (χ2n) is 2.92. The lowest BCUT2D eigenvalue weighted by atomic mass is 10.1. The van der Waals surface area contributed by atoms with Gasteiger partial charge in [0.1, 0.15) is 0 Å². The van der Waals surface area contributed by atoms with Crippen molar-refractivity contribution < 1.29 is 0 Å². The molecule has 0 fully saturated rings. The van der Waals surface area contributed by atoms with Crippen LogP contribution in [0.3, 0.4) is 0 Å². The van der Waals surface area contributed by atoms with Gasteiger partial charge in [0.25, 0.3) is 0 Å². The largest absolute Gasteiger partial charge is 0.320 e. The van der Waals surface area contributed by atoms with Gasteiger partial charge < -0.3 is 5.32 Å². The van der Waals surface area contributed by atoms with Crippen LogP contribution < -0.4 is 5.32 Å². The lowest BCUT2D eigenvalue weighted by molar-refractivity contribution is 0.677. The fraction of sp³-hybridized carbons (Fsp3) is 0.500. The number of nitrogens with one attached hydrogen (secondary N) is 1. The third kappa shape index (κ3) is 3.49. The lowest BCUT2D eigenvalue weighted by Gasteiger charge is -1.99. The summed E-state index contributed by atoms with van der Waals surface area (Å²) < 4.78 is 0. The second kappa shape index (κ2) is 5.72. The molecule has 1 rings (SSSR count). The molecule has 0 spiro atoms. The van der Waals surface area contributed by atoms with E-state index in [0.717, 1.165) is 6.54 Å². The molecule has 0 radical (unpaired) electrons. The van der Waals surface area contributed by atoms with Gasteiger partial charge in [0.2, 0.25) is 0 Å². The van der Waals surface area contributed by atoms with Crippen LogP contribution in [-0.4, -0.2) is 18.6 Å². The molecule has 0 aromatic carbocycles. The van der Waals surface area contributed by atoms with Gasteiger partial charge >= 0.3 is 0 Å². The number of aryl methyl sites for hydroxylation is 1. The summed E-state index contributed by atoms with van der Waals surface area (Å²) in [5.74, 6) is 0. The van der Waals surface area contributed by atoms with E-state index in [4.69, 9.17) is 0 Å². The Labute approximate surface area is 74.0 Å². The Morgan fingerprint density at radius 3 is 2.67 bits per heavy atom. The van der Waals surface area contributed by atoms with Gasteiger partial charge in [-0.25, -0.2) is 0 Å². The molecule has 0 atom stereocenters. The summed E-state index contributed by atoms with van der Waals surface area (Å²) in [5, 5.41) is 3.14. The van der Waals surface area contributed by atoms with E-state index in [0.29, 0.717) is 0 Å². The Kier molecular flexibility index (Phi) is 4.39. The molecule has 0 aliphatic heterocycles. The van der Waals surface area contributed by atoms with Crippen molar-refractivity contribution >= 4 is 0 Å². The minimum Gasteiger partial charge on any atom is -0.320 e. The molecular weight excluding hydrogens is 148 g/mol. The molecule has 12 heavy (non-hydrogen) atoms. The minimum absolute atomic E-state index is 1.12. The first-order valence-electron chi connectivity index (χ1n) is 4.47. The van der Waals surface area contributed by atoms with Crippen LogP contribution in [0.4, 0.5) is 0 Å². The maximum atomic E-state index is 3.98. The zero-order valence-electron chi connectivity index (χ0n) is 7.59. The second-order valence-corrected chi connectivity index (χ2v) is 2.92. The molecule has 1 aromatic heterocycles. The SMILES string of the molecule is CNCCCCc1ccncc1. The van der Waals surface area contributed by atoms with Crippen LogP contribution in [0.15, 0.2) is 24.5 Å². The summed E-state index contributed by atoms with van der Waals surface area (Å²) in [7, 11) is 1.99. The molecule has 0 aliphatic rings. The van der Waals surface area contributed by atoms with Gasteiger partial charge in [0, 0.05) is 12.4 Å². The summed E-state index contributed by atoms with van der Waals surface area (Å²) in [5.41, 5.74) is 1.39. The maximum Gasteiger partial charge on any atom is 0.0270 e. The molecular formula is C10H16N2. The Bertz CT molecular complexity index is 196. The van der Waals surface area contributed by atoms with Crippen LogP contribution in [-0.2, 0) is 6.42 Å². The van der Waals surface area contributed by atoms with Crippen LogP contribution in [0.5, 0.6) is 0 Å². The Morgan fingerprint density at radius 1 is 1.25 bits per heavy atom. The van der Waals surface area contributed by atoms with Gasteiger partial charge in [-0.15, -0.1) is 0 Å². The van der Waals surface area contributed by atoms with Crippen molar-refractivity contribution in [3.63, 3.8) is 0 Å². The van der Waals surface area contributed by atoms with E-state index in [1.54, 1.807) is 0 Å². The number of pyridine rings is 1. The van der Waals surface area contributed by atoms with E-state index in [1.165, 1.54) is 24.8 Å². The first kappa shape index (κ1) is 9.20. The van der Waals surface area contributed by atoms with Crippen LogP contribution >= 0.6 is 0 Å². The van der Waals surface area contributed by atoms with E-state index in [1.807, 2.05) is 19.4 Å². The van der Waals surface area contributed by atoms with Gasteiger partial charge in [-0.1, -0.05) is 0 Å². The van der Waals surface area contributed by atoms with Crippen molar-refractivity contribution in [3.05, 3.63) is 30.1 Å². The highest BCUT2D eigenvalue weighted by molar-refractivity contribution is 5.09. The molecule has 0 saturated heterocycles. The van der Waals surface area contributed by atoms with Gasteiger partial charge in [-0.05, 0) is 50.6 Å². The van der Waals surface area contributed by atoms with Crippen LogP contribution in [0.1, 0.15) is 18.4 Å². The van der Waals surface area contributed by atoms with E-state index < -0.39 is 0 Å². The molecule has 2 nitrogen and oxygen atoms in total. The van der Waals surface area contributed by atoms with Crippen LogP contribution in [0, 0.1) is 0 Å². The van der Waals surface area contributed by atoms with E-state index in [-0.39, 0.29) is 0 Å². The van der Waals surface area contributed by atoms with Gasteiger partial charge in [-0.3, -0.25) is 4.98 Å². The van der Waals surface area contributed by atoms with Gasteiger partial charge in [0.05, 0.1) is 0 Å². The van der Waals surface area contributed by atoms with Crippen molar-refractivity contribution in [2.45, 2.75) is 19.3 Å². The zero-order chi connectivity index (χ0) is 8.65.